The Bertz CT molecular complexity index is 541. The zero-order valence-corrected chi connectivity index (χ0v) is 13.2. The molecule has 1 heterocycles. The third-order valence-electron chi connectivity index (χ3n) is 3.18. The fraction of sp³-hybridized carbons (Fsp3) is 0.438. The molecule has 0 aromatic heterocycles. The van der Waals surface area contributed by atoms with Crippen LogP contribution in [0.1, 0.15) is 30.6 Å². The van der Waals surface area contributed by atoms with Gasteiger partial charge >= 0.3 is 0 Å². The molecule has 21 heavy (non-hydrogen) atoms. The maximum absolute atomic E-state index is 12.3. The van der Waals surface area contributed by atoms with Crippen molar-refractivity contribution in [2.75, 3.05) is 19.6 Å². The molecule has 1 aromatic carbocycles. The van der Waals surface area contributed by atoms with Gasteiger partial charge in [0.1, 0.15) is 5.75 Å². The summed E-state index contributed by atoms with van der Waals surface area (Å²) in [7, 11) is 0. The molecule has 0 saturated heterocycles. The van der Waals surface area contributed by atoms with Crippen LogP contribution in [-0.2, 0) is 0 Å². The number of amides is 1. The van der Waals surface area contributed by atoms with E-state index < -0.39 is 0 Å². The van der Waals surface area contributed by atoms with Crippen molar-refractivity contribution in [3.63, 3.8) is 0 Å². The predicted molar refractivity (Wildman–Crippen MR) is 85.1 cm³/mol. The number of rotatable bonds is 5. The molecule has 2 rings (SSSR count). The molecule has 0 bridgehead atoms. The van der Waals surface area contributed by atoms with Crippen molar-refractivity contribution < 1.29 is 9.53 Å². The Labute approximate surface area is 130 Å². The fourth-order valence-corrected chi connectivity index (χ4v) is 2.33. The van der Waals surface area contributed by atoms with Crippen molar-refractivity contribution in [1.82, 2.24) is 10.6 Å². The zero-order chi connectivity index (χ0) is 15.2. The SMILES string of the molecule is CC(C)Oc1ccc(Cl)cc1C(=O)NCC1=CCNCC1. The monoisotopic (exact) mass is 308 g/mol. The first-order chi connectivity index (χ1) is 10.1. The van der Waals surface area contributed by atoms with E-state index in [4.69, 9.17) is 16.3 Å². The summed E-state index contributed by atoms with van der Waals surface area (Å²) in [6.07, 6.45) is 3.09. The molecule has 0 radical (unpaired) electrons. The van der Waals surface area contributed by atoms with E-state index in [-0.39, 0.29) is 12.0 Å². The Kier molecular flexibility index (Phi) is 5.65. The van der Waals surface area contributed by atoms with Crippen LogP contribution in [0.3, 0.4) is 0 Å². The summed E-state index contributed by atoms with van der Waals surface area (Å²) in [4.78, 5) is 12.3. The molecule has 0 unspecified atom stereocenters. The number of nitrogens with one attached hydrogen (secondary N) is 2. The highest BCUT2D eigenvalue weighted by Gasteiger charge is 2.15. The van der Waals surface area contributed by atoms with E-state index in [1.807, 2.05) is 13.8 Å². The summed E-state index contributed by atoms with van der Waals surface area (Å²) < 4.78 is 5.67. The molecule has 0 atom stereocenters. The van der Waals surface area contributed by atoms with Crippen LogP contribution in [0.25, 0.3) is 0 Å². The number of carbonyl (C=O) groups is 1. The zero-order valence-electron chi connectivity index (χ0n) is 12.4. The Morgan fingerprint density at radius 1 is 1.48 bits per heavy atom. The maximum Gasteiger partial charge on any atom is 0.255 e. The van der Waals surface area contributed by atoms with Crippen LogP contribution in [-0.4, -0.2) is 31.6 Å². The van der Waals surface area contributed by atoms with Crippen LogP contribution in [0.5, 0.6) is 5.75 Å². The molecular weight excluding hydrogens is 288 g/mol. The Morgan fingerprint density at radius 3 is 2.95 bits per heavy atom. The first-order valence-corrected chi connectivity index (χ1v) is 7.57. The molecule has 1 aliphatic heterocycles. The molecule has 1 amide bonds. The third kappa shape index (κ3) is 4.76. The summed E-state index contributed by atoms with van der Waals surface area (Å²) >= 11 is 5.99. The Hall–Kier alpha value is -1.52. The number of ether oxygens (including phenoxy) is 1. The van der Waals surface area contributed by atoms with Crippen LogP contribution >= 0.6 is 11.6 Å². The van der Waals surface area contributed by atoms with E-state index in [0.29, 0.717) is 22.9 Å². The van der Waals surface area contributed by atoms with Crippen LogP contribution in [0.2, 0.25) is 5.02 Å². The summed E-state index contributed by atoms with van der Waals surface area (Å²) in [6.45, 7) is 6.24. The lowest BCUT2D eigenvalue weighted by molar-refractivity contribution is 0.0951. The largest absolute Gasteiger partial charge is 0.490 e. The number of halogens is 1. The van der Waals surface area contributed by atoms with E-state index in [1.165, 1.54) is 5.57 Å². The molecular formula is C16H21ClN2O2. The van der Waals surface area contributed by atoms with Gasteiger partial charge in [-0.25, -0.2) is 0 Å². The summed E-state index contributed by atoms with van der Waals surface area (Å²) in [5, 5.41) is 6.71. The van der Waals surface area contributed by atoms with Crippen molar-refractivity contribution in [2.24, 2.45) is 0 Å². The smallest absolute Gasteiger partial charge is 0.255 e. The minimum absolute atomic E-state index is 0.00449. The van der Waals surface area contributed by atoms with Gasteiger partial charge < -0.3 is 15.4 Å². The Balaban J connectivity index is 2.06. The van der Waals surface area contributed by atoms with Gasteiger partial charge in [-0.15, -0.1) is 0 Å². The molecule has 5 heteroatoms. The van der Waals surface area contributed by atoms with Gasteiger partial charge in [-0.3, -0.25) is 4.79 Å². The number of carbonyl (C=O) groups excluding carboxylic acids is 1. The quantitative estimate of drug-likeness (QED) is 0.822. The van der Waals surface area contributed by atoms with Crippen molar-refractivity contribution >= 4 is 17.5 Å². The van der Waals surface area contributed by atoms with Crippen LogP contribution < -0.4 is 15.4 Å². The summed E-state index contributed by atoms with van der Waals surface area (Å²) in [6, 6.07) is 5.11. The Morgan fingerprint density at radius 2 is 2.29 bits per heavy atom. The summed E-state index contributed by atoms with van der Waals surface area (Å²) in [5.74, 6) is 0.402. The van der Waals surface area contributed by atoms with E-state index in [0.717, 1.165) is 19.5 Å². The minimum Gasteiger partial charge on any atom is -0.490 e. The molecule has 1 aliphatic rings. The van der Waals surface area contributed by atoms with Gasteiger partial charge in [0.25, 0.3) is 5.91 Å². The number of hydrogen-bond donors (Lipinski definition) is 2. The molecule has 1 aromatic rings. The highest BCUT2D eigenvalue weighted by atomic mass is 35.5. The third-order valence-corrected chi connectivity index (χ3v) is 3.42. The molecule has 0 saturated carbocycles. The molecule has 4 nitrogen and oxygen atoms in total. The second kappa shape index (κ2) is 7.48. The fourth-order valence-electron chi connectivity index (χ4n) is 2.16. The van der Waals surface area contributed by atoms with Gasteiger partial charge in [-0.05, 0) is 45.0 Å². The average Bonchev–Trinajstić information content (AvgIpc) is 2.47. The van der Waals surface area contributed by atoms with Crippen LogP contribution in [0.15, 0.2) is 29.8 Å². The minimum atomic E-state index is -0.160. The average molecular weight is 309 g/mol. The van der Waals surface area contributed by atoms with Crippen molar-refractivity contribution in [2.45, 2.75) is 26.4 Å². The first kappa shape index (κ1) is 15.9. The van der Waals surface area contributed by atoms with Crippen molar-refractivity contribution in [3.05, 3.63) is 40.4 Å². The second-order valence-electron chi connectivity index (χ2n) is 5.31. The molecule has 114 valence electrons. The lowest BCUT2D eigenvalue weighted by atomic mass is 10.1. The standard InChI is InChI=1S/C16H21ClN2O2/c1-11(2)21-15-4-3-13(17)9-14(15)16(20)19-10-12-5-7-18-8-6-12/h3-5,9,11,18H,6-8,10H2,1-2H3,(H,19,20). The highest BCUT2D eigenvalue weighted by Crippen LogP contribution is 2.24. The predicted octanol–water partition coefficient (Wildman–Crippen LogP) is 2.78. The second-order valence-corrected chi connectivity index (χ2v) is 5.74. The lowest BCUT2D eigenvalue weighted by Gasteiger charge is -2.17. The van der Waals surface area contributed by atoms with E-state index in [9.17, 15) is 4.79 Å². The van der Waals surface area contributed by atoms with E-state index in [1.54, 1.807) is 18.2 Å². The number of benzene rings is 1. The van der Waals surface area contributed by atoms with Gasteiger partial charge in [0.05, 0.1) is 11.7 Å². The summed E-state index contributed by atoms with van der Waals surface area (Å²) in [5.41, 5.74) is 1.72. The molecule has 0 spiro atoms. The topological polar surface area (TPSA) is 50.4 Å². The van der Waals surface area contributed by atoms with Gasteiger partial charge in [-0.1, -0.05) is 23.3 Å². The van der Waals surface area contributed by atoms with Gasteiger partial charge in [-0.2, -0.15) is 0 Å². The normalized spacial score (nSPS) is 14.8. The van der Waals surface area contributed by atoms with Crippen molar-refractivity contribution in [1.29, 1.82) is 0 Å². The lowest BCUT2D eigenvalue weighted by Crippen LogP contribution is -2.30. The van der Waals surface area contributed by atoms with Gasteiger partial charge in [0, 0.05) is 18.1 Å². The van der Waals surface area contributed by atoms with E-state index in [2.05, 4.69) is 16.7 Å². The van der Waals surface area contributed by atoms with Crippen LogP contribution in [0.4, 0.5) is 0 Å². The number of hydrogen-bond acceptors (Lipinski definition) is 3. The van der Waals surface area contributed by atoms with Gasteiger partial charge in [0.2, 0.25) is 0 Å². The van der Waals surface area contributed by atoms with Crippen LogP contribution in [0, 0.1) is 0 Å². The van der Waals surface area contributed by atoms with Crippen molar-refractivity contribution in [3.8, 4) is 5.75 Å². The van der Waals surface area contributed by atoms with Gasteiger partial charge in [0.15, 0.2) is 0 Å². The maximum atomic E-state index is 12.3. The highest BCUT2D eigenvalue weighted by molar-refractivity contribution is 6.31. The van der Waals surface area contributed by atoms with E-state index >= 15 is 0 Å². The molecule has 0 fully saturated rings. The first-order valence-electron chi connectivity index (χ1n) is 7.19. The molecule has 2 N–H and O–H groups in total. The molecule has 0 aliphatic carbocycles.